The predicted molar refractivity (Wildman–Crippen MR) is 208 cm³/mol. The molecule has 288 valence electrons. The Morgan fingerprint density at radius 2 is 1.58 bits per heavy atom. The SMILES string of the molecule is C#CNN.CCC.CCC[C@H](Cc1ccc(OC(F)(F)F)cc1)c1ccc(C(=O)NCCC(=O)OCC)cc1.CNc1ccc(-c2cnc(C)s2)cc1. The van der Waals surface area contributed by atoms with Crippen molar-refractivity contribution in [3.63, 3.8) is 0 Å². The monoisotopic (exact) mass is 755 g/mol. The molecule has 4 aromatic rings. The average Bonchev–Trinajstić information content (AvgIpc) is 3.58. The Morgan fingerprint density at radius 1 is 0.981 bits per heavy atom. The molecule has 0 aliphatic carbocycles. The zero-order chi connectivity index (χ0) is 39.6. The lowest BCUT2D eigenvalue weighted by Crippen LogP contribution is -2.26. The fourth-order valence-electron chi connectivity index (χ4n) is 4.66. The van der Waals surface area contributed by atoms with Crippen LogP contribution in [0.5, 0.6) is 5.75 Å². The lowest BCUT2D eigenvalue weighted by molar-refractivity contribution is -0.274. The van der Waals surface area contributed by atoms with E-state index in [0.29, 0.717) is 18.6 Å². The molecule has 0 saturated heterocycles. The van der Waals surface area contributed by atoms with Gasteiger partial charge in [0.25, 0.3) is 5.91 Å². The van der Waals surface area contributed by atoms with E-state index >= 15 is 0 Å². The van der Waals surface area contributed by atoms with Crippen LogP contribution in [0.1, 0.15) is 85.8 Å². The minimum atomic E-state index is -4.71. The van der Waals surface area contributed by atoms with Crippen molar-refractivity contribution in [1.29, 1.82) is 0 Å². The first-order valence-corrected chi connectivity index (χ1v) is 18.2. The summed E-state index contributed by atoms with van der Waals surface area (Å²) in [6.07, 6.45) is 5.61. The molecule has 0 aliphatic heterocycles. The summed E-state index contributed by atoms with van der Waals surface area (Å²) in [5.41, 5.74) is 6.76. The third kappa shape index (κ3) is 19.4. The standard InChI is InChI=1S/C24H28F3NO4.C11H12N2S.C3H8.C2H4N2/c1-3-5-20(16-17-6-12-21(13-7-17)32-24(25,26)27)18-8-10-19(11-9-18)23(30)28-15-14-22(29)31-4-2;1-8-13-7-11(14-8)9-3-5-10(12-2)6-4-9;1-3-2;1-2-4-3/h6-13,20H,3-5,14-16H2,1-2H3,(H,28,30);3-7,12H,1-2H3;3H2,1-2H3;1,4H,3H2/t20-;;;/m1.../s1. The van der Waals surface area contributed by atoms with Gasteiger partial charge in [-0.15, -0.1) is 24.5 Å². The Kier molecular flexibility index (Phi) is 22.4. The molecule has 5 N–H and O–H groups in total. The van der Waals surface area contributed by atoms with Crippen molar-refractivity contribution < 1.29 is 32.2 Å². The summed E-state index contributed by atoms with van der Waals surface area (Å²) < 4.78 is 45.7. The third-order valence-corrected chi connectivity index (χ3v) is 7.96. The van der Waals surface area contributed by atoms with Crippen LogP contribution in [0.2, 0.25) is 0 Å². The lowest BCUT2D eigenvalue weighted by Gasteiger charge is -2.18. The van der Waals surface area contributed by atoms with Gasteiger partial charge in [0, 0.05) is 37.1 Å². The molecule has 1 amide bonds. The summed E-state index contributed by atoms with van der Waals surface area (Å²) in [5, 5.41) is 6.90. The van der Waals surface area contributed by atoms with Crippen molar-refractivity contribution in [2.24, 2.45) is 5.84 Å². The van der Waals surface area contributed by atoms with Gasteiger partial charge in [-0.25, -0.2) is 10.8 Å². The molecule has 53 heavy (non-hydrogen) atoms. The van der Waals surface area contributed by atoms with Gasteiger partial charge in [-0.1, -0.05) is 76.4 Å². The Morgan fingerprint density at radius 3 is 2.06 bits per heavy atom. The number of esters is 1. The molecule has 0 aliphatic rings. The summed E-state index contributed by atoms with van der Waals surface area (Å²) in [6.45, 7) is 10.6. The summed E-state index contributed by atoms with van der Waals surface area (Å²) in [4.78, 5) is 29.1. The molecule has 13 heteroatoms. The highest BCUT2D eigenvalue weighted by Gasteiger charge is 2.31. The van der Waals surface area contributed by atoms with Crippen molar-refractivity contribution in [2.45, 2.75) is 79.0 Å². The van der Waals surface area contributed by atoms with Gasteiger partial charge in [0.2, 0.25) is 0 Å². The van der Waals surface area contributed by atoms with Gasteiger partial charge >= 0.3 is 12.3 Å². The zero-order valence-electron chi connectivity index (χ0n) is 31.3. The van der Waals surface area contributed by atoms with Gasteiger partial charge in [-0.05, 0) is 85.7 Å². The molecule has 1 heterocycles. The van der Waals surface area contributed by atoms with Gasteiger partial charge < -0.3 is 20.1 Å². The van der Waals surface area contributed by atoms with Crippen LogP contribution in [0.25, 0.3) is 10.4 Å². The van der Waals surface area contributed by atoms with Crippen molar-refractivity contribution >= 4 is 28.9 Å². The second-order valence-electron chi connectivity index (χ2n) is 11.4. The number of nitrogens with zero attached hydrogens (tertiary/aromatic N) is 1. The molecule has 0 spiro atoms. The first-order valence-electron chi connectivity index (χ1n) is 17.3. The summed E-state index contributed by atoms with van der Waals surface area (Å²) >= 11 is 1.72. The minimum Gasteiger partial charge on any atom is -0.466 e. The first-order chi connectivity index (χ1) is 25.3. The topological polar surface area (TPSA) is 128 Å². The fraction of sp³-hybridized carbons (Fsp3) is 0.375. The number of thiazole rings is 1. The van der Waals surface area contributed by atoms with Crippen LogP contribution in [-0.2, 0) is 16.0 Å². The van der Waals surface area contributed by atoms with Crippen LogP contribution >= 0.6 is 11.3 Å². The van der Waals surface area contributed by atoms with E-state index in [1.807, 2.05) is 43.8 Å². The Balaban J connectivity index is 0.000000545. The highest BCUT2D eigenvalue weighted by Crippen LogP contribution is 2.29. The number of carbonyl (C=O) groups is 2. The number of amides is 1. The van der Waals surface area contributed by atoms with Crippen molar-refractivity contribution in [3.05, 3.63) is 101 Å². The van der Waals surface area contributed by atoms with E-state index in [2.05, 4.69) is 77.7 Å². The molecular formula is C40H52F3N5O4S. The molecule has 0 bridgehead atoms. The predicted octanol–water partition coefficient (Wildman–Crippen LogP) is 9.01. The average molecular weight is 756 g/mol. The maximum absolute atomic E-state index is 12.3. The number of hydrogen-bond donors (Lipinski definition) is 4. The van der Waals surface area contributed by atoms with E-state index in [0.717, 1.165) is 34.7 Å². The second-order valence-corrected chi connectivity index (χ2v) is 12.6. The van der Waals surface area contributed by atoms with E-state index in [4.69, 9.17) is 4.74 Å². The smallest absolute Gasteiger partial charge is 0.466 e. The lowest BCUT2D eigenvalue weighted by atomic mass is 9.88. The van der Waals surface area contributed by atoms with E-state index in [-0.39, 0.29) is 36.5 Å². The number of halogens is 3. The highest BCUT2D eigenvalue weighted by atomic mass is 32.1. The number of ether oxygens (including phenoxy) is 2. The number of hydrazine groups is 1. The number of anilines is 1. The molecule has 0 saturated carbocycles. The van der Waals surface area contributed by atoms with Gasteiger partial charge in [0.15, 0.2) is 0 Å². The number of aromatic nitrogens is 1. The van der Waals surface area contributed by atoms with E-state index in [1.165, 1.54) is 29.0 Å². The van der Waals surface area contributed by atoms with Gasteiger partial charge in [-0.2, -0.15) is 0 Å². The Hall–Kier alpha value is -5.06. The molecular weight excluding hydrogens is 704 g/mol. The number of alkyl halides is 3. The number of rotatable bonds is 13. The maximum Gasteiger partial charge on any atom is 0.573 e. The van der Waals surface area contributed by atoms with Crippen LogP contribution in [-0.4, -0.2) is 43.4 Å². The number of aryl methyl sites for hydroxylation is 1. The van der Waals surface area contributed by atoms with Crippen molar-refractivity contribution in [2.75, 3.05) is 25.5 Å². The van der Waals surface area contributed by atoms with Gasteiger partial charge in [0.05, 0.1) is 22.9 Å². The summed E-state index contributed by atoms with van der Waals surface area (Å²) in [5.74, 6) is 3.83. The number of nitrogens with one attached hydrogen (secondary N) is 3. The first kappa shape index (κ1) is 46.0. The van der Waals surface area contributed by atoms with E-state index in [9.17, 15) is 22.8 Å². The molecule has 0 radical (unpaired) electrons. The molecule has 1 atom stereocenters. The molecule has 1 aromatic heterocycles. The second kappa shape index (κ2) is 25.8. The number of terminal acetylenes is 1. The van der Waals surface area contributed by atoms with Crippen LogP contribution in [0, 0.1) is 19.4 Å². The largest absolute Gasteiger partial charge is 0.573 e. The van der Waals surface area contributed by atoms with Crippen LogP contribution < -0.4 is 26.6 Å². The number of hydrogen-bond acceptors (Lipinski definition) is 9. The van der Waals surface area contributed by atoms with E-state index < -0.39 is 6.36 Å². The molecule has 0 unspecified atom stereocenters. The normalized spacial score (nSPS) is 10.7. The Bertz CT molecular complexity index is 1640. The summed E-state index contributed by atoms with van der Waals surface area (Å²) in [7, 11) is 1.92. The maximum atomic E-state index is 12.3. The summed E-state index contributed by atoms with van der Waals surface area (Å²) in [6, 6.07) is 23.5. The van der Waals surface area contributed by atoms with Gasteiger partial charge in [-0.3, -0.25) is 15.0 Å². The number of benzene rings is 3. The highest BCUT2D eigenvalue weighted by molar-refractivity contribution is 7.15. The Labute approximate surface area is 315 Å². The van der Waals surface area contributed by atoms with Crippen LogP contribution in [0.4, 0.5) is 18.9 Å². The van der Waals surface area contributed by atoms with Crippen LogP contribution in [0.15, 0.2) is 79.0 Å². The van der Waals surface area contributed by atoms with Crippen LogP contribution in [0.3, 0.4) is 0 Å². The van der Waals surface area contributed by atoms with E-state index in [1.54, 1.807) is 42.5 Å². The molecule has 9 nitrogen and oxygen atoms in total. The molecule has 3 aromatic carbocycles. The quantitative estimate of drug-likeness (QED) is 0.0350. The fourth-order valence-corrected chi connectivity index (χ4v) is 5.45. The zero-order valence-corrected chi connectivity index (χ0v) is 32.1. The number of carbonyl (C=O) groups excluding carboxylic acids is 2. The van der Waals surface area contributed by atoms with Crippen molar-refractivity contribution in [3.8, 4) is 28.7 Å². The third-order valence-electron chi connectivity index (χ3n) is 7.00. The molecule has 0 fully saturated rings. The van der Waals surface area contributed by atoms with Gasteiger partial charge in [0.1, 0.15) is 5.75 Å². The number of nitrogens with two attached hydrogens (primary N) is 1. The van der Waals surface area contributed by atoms with Crippen molar-refractivity contribution in [1.82, 2.24) is 15.7 Å². The molecule has 4 rings (SSSR count). The minimum absolute atomic E-state index is 0.114.